The van der Waals surface area contributed by atoms with Crippen LogP contribution in [0.25, 0.3) is 0 Å². The molecular formula is C16H29NO2. The van der Waals surface area contributed by atoms with E-state index < -0.39 is 0 Å². The molecule has 1 unspecified atom stereocenters. The second-order valence-electron chi connectivity index (χ2n) is 6.77. The molecule has 110 valence electrons. The maximum atomic E-state index is 12.2. The first-order valence-electron chi connectivity index (χ1n) is 8.05. The van der Waals surface area contributed by atoms with E-state index in [9.17, 15) is 9.90 Å². The smallest absolute Gasteiger partial charge is 0.223 e. The highest BCUT2D eigenvalue weighted by atomic mass is 16.3. The van der Waals surface area contributed by atoms with E-state index in [1.54, 1.807) is 0 Å². The zero-order chi connectivity index (χ0) is 13.7. The highest BCUT2D eigenvalue weighted by molar-refractivity contribution is 5.78. The summed E-state index contributed by atoms with van der Waals surface area (Å²) < 4.78 is 0. The normalized spacial score (nSPS) is 25.2. The van der Waals surface area contributed by atoms with Gasteiger partial charge >= 0.3 is 0 Å². The molecule has 1 amide bonds. The quantitative estimate of drug-likeness (QED) is 0.804. The lowest BCUT2D eigenvalue weighted by atomic mass is 9.74. The Morgan fingerprint density at radius 1 is 1.21 bits per heavy atom. The molecule has 3 heteroatoms. The summed E-state index contributed by atoms with van der Waals surface area (Å²) in [4.78, 5) is 12.2. The summed E-state index contributed by atoms with van der Waals surface area (Å²) >= 11 is 0. The molecule has 1 atom stereocenters. The lowest BCUT2D eigenvalue weighted by molar-refractivity contribution is -0.126. The fourth-order valence-corrected chi connectivity index (χ4v) is 3.80. The van der Waals surface area contributed by atoms with Gasteiger partial charge in [0, 0.05) is 17.9 Å². The summed E-state index contributed by atoms with van der Waals surface area (Å²) in [5.74, 6) is 0.920. The van der Waals surface area contributed by atoms with Crippen LogP contribution in [0.2, 0.25) is 0 Å². The van der Waals surface area contributed by atoms with Gasteiger partial charge in [-0.15, -0.1) is 0 Å². The maximum Gasteiger partial charge on any atom is 0.223 e. The molecule has 2 saturated carbocycles. The number of aliphatic hydroxyl groups is 1. The van der Waals surface area contributed by atoms with Crippen molar-refractivity contribution in [2.75, 3.05) is 13.2 Å². The average Bonchev–Trinajstić information content (AvgIpc) is 2.99. The third-order valence-corrected chi connectivity index (χ3v) is 5.41. The minimum Gasteiger partial charge on any atom is -0.396 e. The molecule has 0 bridgehead atoms. The van der Waals surface area contributed by atoms with Gasteiger partial charge < -0.3 is 10.4 Å². The Morgan fingerprint density at radius 3 is 2.42 bits per heavy atom. The molecule has 2 rings (SSSR count). The van der Waals surface area contributed by atoms with Gasteiger partial charge in [0.1, 0.15) is 0 Å². The van der Waals surface area contributed by atoms with Crippen LogP contribution in [0.3, 0.4) is 0 Å². The summed E-state index contributed by atoms with van der Waals surface area (Å²) in [6, 6.07) is 0. The molecule has 0 aliphatic heterocycles. The Bertz CT molecular complexity index is 291. The standard InChI is InChI=1S/C16H29NO2/c1-13(14-7-3-4-8-14)15(19)17-11-16(12-18)9-5-2-6-10-16/h13-14,18H,2-12H2,1H3,(H,17,19). The van der Waals surface area contributed by atoms with Gasteiger partial charge in [0.05, 0.1) is 6.61 Å². The van der Waals surface area contributed by atoms with E-state index in [1.807, 2.05) is 0 Å². The number of carbonyl (C=O) groups excluding carboxylic acids is 1. The first kappa shape index (κ1) is 14.8. The third kappa shape index (κ3) is 3.71. The van der Waals surface area contributed by atoms with Gasteiger partial charge in [-0.05, 0) is 31.6 Å². The van der Waals surface area contributed by atoms with Crippen LogP contribution in [0.1, 0.15) is 64.7 Å². The predicted molar refractivity (Wildman–Crippen MR) is 76.7 cm³/mol. The van der Waals surface area contributed by atoms with Gasteiger partial charge in [-0.25, -0.2) is 0 Å². The molecule has 0 spiro atoms. The lowest BCUT2D eigenvalue weighted by Crippen LogP contribution is -2.43. The Morgan fingerprint density at radius 2 is 1.84 bits per heavy atom. The molecule has 2 N–H and O–H groups in total. The number of nitrogens with one attached hydrogen (secondary N) is 1. The van der Waals surface area contributed by atoms with Crippen molar-refractivity contribution in [1.29, 1.82) is 0 Å². The zero-order valence-corrected chi connectivity index (χ0v) is 12.3. The first-order valence-corrected chi connectivity index (χ1v) is 8.05. The second kappa shape index (κ2) is 6.74. The Kier molecular flexibility index (Phi) is 5.26. The molecule has 2 aliphatic rings. The maximum absolute atomic E-state index is 12.2. The zero-order valence-electron chi connectivity index (χ0n) is 12.3. The fourth-order valence-electron chi connectivity index (χ4n) is 3.80. The van der Waals surface area contributed by atoms with E-state index in [2.05, 4.69) is 12.2 Å². The molecule has 19 heavy (non-hydrogen) atoms. The Hall–Kier alpha value is -0.570. The Balaban J connectivity index is 1.81. The number of carbonyl (C=O) groups is 1. The summed E-state index contributed by atoms with van der Waals surface area (Å²) in [5, 5.41) is 12.8. The Labute approximate surface area is 117 Å². The van der Waals surface area contributed by atoms with Crippen LogP contribution in [-0.4, -0.2) is 24.2 Å². The van der Waals surface area contributed by atoms with Crippen molar-refractivity contribution in [3.8, 4) is 0 Å². The average molecular weight is 267 g/mol. The van der Waals surface area contributed by atoms with Crippen LogP contribution in [0.15, 0.2) is 0 Å². The summed E-state index contributed by atoms with van der Waals surface area (Å²) in [6.45, 7) is 2.95. The molecule has 0 saturated heterocycles. The van der Waals surface area contributed by atoms with E-state index in [0.717, 1.165) is 12.8 Å². The number of amides is 1. The largest absolute Gasteiger partial charge is 0.396 e. The van der Waals surface area contributed by atoms with Crippen LogP contribution in [0.5, 0.6) is 0 Å². The van der Waals surface area contributed by atoms with E-state index in [1.165, 1.54) is 44.9 Å². The van der Waals surface area contributed by atoms with E-state index >= 15 is 0 Å². The summed E-state index contributed by atoms with van der Waals surface area (Å²) in [7, 11) is 0. The van der Waals surface area contributed by atoms with E-state index in [0.29, 0.717) is 12.5 Å². The topological polar surface area (TPSA) is 49.3 Å². The number of hydrogen-bond acceptors (Lipinski definition) is 2. The van der Waals surface area contributed by atoms with Crippen LogP contribution in [0, 0.1) is 17.3 Å². The van der Waals surface area contributed by atoms with Crippen molar-refractivity contribution >= 4 is 5.91 Å². The van der Waals surface area contributed by atoms with Crippen molar-refractivity contribution < 1.29 is 9.90 Å². The van der Waals surface area contributed by atoms with Crippen LogP contribution >= 0.6 is 0 Å². The molecule has 0 heterocycles. The van der Waals surface area contributed by atoms with Gasteiger partial charge in [0.15, 0.2) is 0 Å². The molecule has 3 nitrogen and oxygen atoms in total. The molecule has 2 aliphatic carbocycles. The van der Waals surface area contributed by atoms with Gasteiger partial charge in [-0.3, -0.25) is 4.79 Å². The molecular weight excluding hydrogens is 238 g/mol. The third-order valence-electron chi connectivity index (χ3n) is 5.41. The SMILES string of the molecule is CC(C(=O)NCC1(CO)CCCCC1)C1CCCC1. The number of aliphatic hydroxyl groups excluding tert-OH is 1. The van der Waals surface area contributed by atoms with Crippen molar-refractivity contribution in [2.45, 2.75) is 64.7 Å². The van der Waals surface area contributed by atoms with Crippen LogP contribution in [0.4, 0.5) is 0 Å². The van der Waals surface area contributed by atoms with Crippen molar-refractivity contribution in [3.63, 3.8) is 0 Å². The molecule has 0 radical (unpaired) electrons. The molecule has 0 aromatic rings. The van der Waals surface area contributed by atoms with Crippen molar-refractivity contribution in [2.24, 2.45) is 17.3 Å². The monoisotopic (exact) mass is 267 g/mol. The fraction of sp³-hybridized carbons (Fsp3) is 0.938. The number of hydrogen-bond donors (Lipinski definition) is 2. The summed E-state index contributed by atoms with van der Waals surface area (Å²) in [6.07, 6.45) is 10.7. The van der Waals surface area contributed by atoms with E-state index in [4.69, 9.17) is 0 Å². The number of rotatable bonds is 5. The van der Waals surface area contributed by atoms with Gasteiger partial charge in [0.25, 0.3) is 0 Å². The molecule has 2 fully saturated rings. The minimum absolute atomic E-state index is 0.0384. The van der Waals surface area contributed by atoms with Crippen molar-refractivity contribution in [1.82, 2.24) is 5.32 Å². The first-order chi connectivity index (χ1) is 9.17. The van der Waals surface area contributed by atoms with Gasteiger partial charge in [-0.1, -0.05) is 39.0 Å². The highest BCUT2D eigenvalue weighted by Gasteiger charge is 2.33. The minimum atomic E-state index is -0.0384. The summed E-state index contributed by atoms with van der Waals surface area (Å²) in [5.41, 5.74) is -0.0384. The second-order valence-corrected chi connectivity index (χ2v) is 6.77. The van der Waals surface area contributed by atoms with Gasteiger partial charge in [-0.2, -0.15) is 0 Å². The van der Waals surface area contributed by atoms with E-state index in [-0.39, 0.29) is 23.8 Å². The molecule has 0 aromatic heterocycles. The molecule has 0 aromatic carbocycles. The van der Waals surface area contributed by atoms with Crippen LogP contribution < -0.4 is 5.32 Å². The lowest BCUT2D eigenvalue weighted by Gasteiger charge is -2.36. The van der Waals surface area contributed by atoms with Crippen LogP contribution in [-0.2, 0) is 4.79 Å². The predicted octanol–water partition coefficient (Wildman–Crippen LogP) is 2.87. The highest BCUT2D eigenvalue weighted by Crippen LogP contribution is 2.36. The van der Waals surface area contributed by atoms with Gasteiger partial charge in [0.2, 0.25) is 5.91 Å². The van der Waals surface area contributed by atoms with Crippen molar-refractivity contribution in [3.05, 3.63) is 0 Å².